The van der Waals surface area contributed by atoms with Crippen LogP contribution in [0.15, 0.2) is 47.4 Å². The molecule has 138 valence electrons. The lowest BCUT2D eigenvalue weighted by Gasteiger charge is -2.16. The van der Waals surface area contributed by atoms with Gasteiger partial charge in [-0.25, -0.2) is 13.1 Å². The predicted molar refractivity (Wildman–Crippen MR) is 111 cm³/mol. The Morgan fingerprint density at radius 3 is 2.54 bits per heavy atom. The summed E-state index contributed by atoms with van der Waals surface area (Å²) in [5, 5.41) is 2.80. The maximum atomic E-state index is 12.5. The van der Waals surface area contributed by atoms with Crippen molar-refractivity contribution in [2.45, 2.75) is 37.0 Å². The van der Waals surface area contributed by atoms with E-state index >= 15 is 0 Å². The Morgan fingerprint density at radius 1 is 1.04 bits per heavy atom. The van der Waals surface area contributed by atoms with Gasteiger partial charge >= 0.3 is 0 Å². The quantitative estimate of drug-likeness (QED) is 0.617. The van der Waals surface area contributed by atoms with Crippen LogP contribution in [0.4, 0.5) is 5.69 Å². The molecule has 0 aromatic heterocycles. The Morgan fingerprint density at radius 2 is 1.77 bits per heavy atom. The number of sulfonamides is 1. The zero-order valence-electron chi connectivity index (χ0n) is 14.3. The lowest BCUT2D eigenvalue weighted by atomic mass is 9.92. The van der Waals surface area contributed by atoms with Crippen LogP contribution in [-0.4, -0.2) is 20.9 Å². The number of rotatable bonds is 6. The molecule has 2 N–H and O–H groups in total. The van der Waals surface area contributed by atoms with Crippen molar-refractivity contribution in [2.75, 3.05) is 11.9 Å². The summed E-state index contributed by atoms with van der Waals surface area (Å²) in [4.78, 5) is 12.3. The summed E-state index contributed by atoms with van der Waals surface area (Å²) in [5.74, 6) is -0.220. The Hall–Kier alpha value is -1.45. The average molecular weight is 484 g/mol. The van der Waals surface area contributed by atoms with Crippen molar-refractivity contribution in [2.24, 2.45) is 0 Å². The molecular weight excluding hydrogens is 463 g/mol. The number of para-hydroxylation sites is 1. The van der Waals surface area contributed by atoms with Gasteiger partial charge in [-0.15, -0.1) is 0 Å². The second kappa shape index (κ2) is 8.49. The van der Waals surface area contributed by atoms with E-state index in [0.717, 1.165) is 40.5 Å². The minimum atomic E-state index is -3.60. The van der Waals surface area contributed by atoms with Crippen LogP contribution in [-0.2, 0) is 27.7 Å². The fourth-order valence-corrected chi connectivity index (χ4v) is 4.64. The molecule has 7 heteroatoms. The first-order chi connectivity index (χ1) is 12.5. The molecule has 0 heterocycles. The lowest BCUT2D eigenvalue weighted by molar-refractivity contribution is -0.116. The van der Waals surface area contributed by atoms with Crippen molar-refractivity contribution in [3.05, 3.63) is 57.2 Å². The first-order valence-electron chi connectivity index (χ1n) is 8.61. The van der Waals surface area contributed by atoms with Gasteiger partial charge in [0.15, 0.2) is 0 Å². The Kier molecular flexibility index (Phi) is 6.31. The van der Waals surface area contributed by atoms with Crippen LogP contribution in [0.25, 0.3) is 0 Å². The van der Waals surface area contributed by atoms with E-state index < -0.39 is 10.0 Å². The number of hydrogen-bond acceptors (Lipinski definition) is 3. The molecule has 3 rings (SSSR count). The SMILES string of the molecule is O=C(CCNS(=O)(=O)c1ccc2c(c1)CCCC2)Nc1ccccc1I. The van der Waals surface area contributed by atoms with E-state index in [9.17, 15) is 13.2 Å². The molecule has 1 amide bonds. The van der Waals surface area contributed by atoms with Gasteiger partial charge in [0.2, 0.25) is 15.9 Å². The fourth-order valence-electron chi connectivity index (χ4n) is 3.03. The number of aryl methyl sites for hydroxylation is 2. The van der Waals surface area contributed by atoms with E-state index in [-0.39, 0.29) is 23.8 Å². The number of nitrogens with one attached hydrogen (secondary N) is 2. The van der Waals surface area contributed by atoms with Crippen molar-refractivity contribution in [1.82, 2.24) is 4.72 Å². The zero-order chi connectivity index (χ0) is 18.6. The second-order valence-corrected chi connectivity index (χ2v) is 9.24. The third-order valence-electron chi connectivity index (χ3n) is 4.42. The molecule has 2 aromatic carbocycles. The number of amides is 1. The molecule has 0 unspecified atom stereocenters. The standard InChI is InChI=1S/C19H21IN2O3S/c20-17-7-3-4-8-18(17)22-19(23)11-12-21-26(24,25)16-10-9-14-5-1-2-6-15(14)13-16/h3-4,7-10,13,21H,1-2,5-6,11-12H2,(H,22,23). The van der Waals surface area contributed by atoms with Crippen molar-refractivity contribution in [3.63, 3.8) is 0 Å². The van der Waals surface area contributed by atoms with E-state index in [1.54, 1.807) is 12.1 Å². The Labute approximate surface area is 167 Å². The van der Waals surface area contributed by atoms with Crippen molar-refractivity contribution >= 4 is 44.2 Å². The van der Waals surface area contributed by atoms with Gasteiger partial charge in [-0.05, 0) is 83.7 Å². The van der Waals surface area contributed by atoms with Crippen LogP contribution < -0.4 is 10.0 Å². The fraction of sp³-hybridized carbons (Fsp3) is 0.316. The first-order valence-corrected chi connectivity index (χ1v) is 11.2. The zero-order valence-corrected chi connectivity index (χ0v) is 17.3. The maximum Gasteiger partial charge on any atom is 0.240 e. The molecule has 0 aliphatic heterocycles. The highest BCUT2D eigenvalue weighted by atomic mass is 127. The second-order valence-electron chi connectivity index (χ2n) is 6.31. The van der Waals surface area contributed by atoms with Crippen LogP contribution in [0, 0.1) is 3.57 Å². The number of fused-ring (bicyclic) bond motifs is 1. The summed E-state index contributed by atoms with van der Waals surface area (Å²) in [6, 6.07) is 12.8. The molecule has 0 fully saturated rings. The number of hydrogen-bond donors (Lipinski definition) is 2. The van der Waals surface area contributed by atoms with E-state index in [2.05, 4.69) is 32.6 Å². The summed E-state index contributed by atoms with van der Waals surface area (Å²) in [7, 11) is -3.60. The van der Waals surface area contributed by atoms with Gasteiger partial charge < -0.3 is 5.32 Å². The van der Waals surface area contributed by atoms with Crippen molar-refractivity contribution in [3.8, 4) is 0 Å². The number of halogens is 1. The minimum absolute atomic E-state index is 0.0642. The molecule has 1 aliphatic rings. The van der Waals surface area contributed by atoms with Gasteiger partial charge in [0.25, 0.3) is 0 Å². The van der Waals surface area contributed by atoms with E-state index in [1.807, 2.05) is 30.3 Å². The molecule has 2 aromatic rings. The smallest absolute Gasteiger partial charge is 0.240 e. The highest BCUT2D eigenvalue weighted by molar-refractivity contribution is 14.1. The predicted octanol–water partition coefficient (Wildman–Crippen LogP) is 3.48. The number of carbonyl (C=O) groups is 1. The van der Waals surface area contributed by atoms with Crippen LogP contribution in [0.3, 0.4) is 0 Å². The molecule has 0 spiro atoms. The molecule has 26 heavy (non-hydrogen) atoms. The summed E-state index contributed by atoms with van der Waals surface area (Å²) in [5.41, 5.74) is 3.10. The lowest BCUT2D eigenvalue weighted by Crippen LogP contribution is -2.28. The summed E-state index contributed by atoms with van der Waals surface area (Å²) < 4.78 is 28.4. The van der Waals surface area contributed by atoms with Crippen molar-refractivity contribution in [1.29, 1.82) is 0 Å². The third kappa shape index (κ3) is 4.83. The highest BCUT2D eigenvalue weighted by Gasteiger charge is 2.18. The van der Waals surface area contributed by atoms with Gasteiger partial charge in [-0.3, -0.25) is 4.79 Å². The molecule has 1 aliphatic carbocycles. The normalized spacial score (nSPS) is 13.9. The highest BCUT2D eigenvalue weighted by Crippen LogP contribution is 2.24. The summed E-state index contributed by atoms with van der Waals surface area (Å²) in [6.07, 6.45) is 4.28. The Bertz CT molecular complexity index is 913. The molecule has 0 bridgehead atoms. The van der Waals surface area contributed by atoms with Gasteiger partial charge in [0.1, 0.15) is 0 Å². The molecule has 0 saturated carbocycles. The first kappa shape index (κ1) is 19.3. The van der Waals surface area contributed by atoms with Crippen molar-refractivity contribution < 1.29 is 13.2 Å². The van der Waals surface area contributed by atoms with Crippen LogP contribution in [0.5, 0.6) is 0 Å². The van der Waals surface area contributed by atoms with E-state index in [4.69, 9.17) is 0 Å². The Balaban J connectivity index is 1.57. The topological polar surface area (TPSA) is 75.3 Å². The van der Waals surface area contributed by atoms with Gasteiger partial charge in [0, 0.05) is 16.5 Å². The van der Waals surface area contributed by atoms with Crippen LogP contribution in [0.2, 0.25) is 0 Å². The van der Waals surface area contributed by atoms with Crippen LogP contribution in [0.1, 0.15) is 30.4 Å². The van der Waals surface area contributed by atoms with Gasteiger partial charge in [0.05, 0.1) is 10.6 Å². The number of anilines is 1. The molecule has 0 radical (unpaired) electrons. The molecule has 5 nitrogen and oxygen atoms in total. The largest absolute Gasteiger partial charge is 0.325 e. The van der Waals surface area contributed by atoms with E-state index in [1.165, 1.54) is 5.56 Å². The summed E-state index contributed by atoms with van der Waals surface area (Å²) in [6.45, 7) is 0.0642. The monoisotopic (exact) mass is 484 g/mol. The van der Waals surface area contributed by atoms with Crippen LogP contribution >= 0.6 is 22.6 Å². The summed E-state index contributed by atoms with van der Waals surface area (Å²) >= 11 is 2.14. The average Bonchev–Trinajstić information content (AvgIpc) is 2.63. The van der Waals surface area contributed by atoms with Gasteiger partial charge in [-0.2, -0.15) is 0 Å². The minimum Gasteiger partial charge on any atom is -0.325 e. The molecule has 0 atom stereocenters. The molecule has 0 saturated heterocycles. The number of carbonyl (C=O) groups excluding carboxylic acids is 1. The maximum absolute atomic E-state index is 12.5. The number of benzene rings is 2. The van der Waals surface area contributed by atoms with E-state index in [0.29, 0.717) is 0 Å². The molecular formula is C19H21IN2O3S. The third-order valence-corrected chi connectivity index (χ3v) is 6.82. The van der Waals surface area contributed by atoms with Gasteiger partial charge in [-0.1, -0.05) is 18.2 Å².